The van der Waals surface area contributed by atoms with Crippen molar-refractivity contribution in [2.24, 2.45) is 0 Å². The zero-order valence-corrected chi connectivity index (χ0v) is 13.0. The molecule has 0 aliphatic carbocycles. The third-order valence-electron chi connectivity index (χ3n) is 2.64. The highest BCUT2D eigenvalue weighted by Crippen LogP contribution is 2.33. The molecule has 0 bridgehead atoms. The van der Waals surface area contributed by atoms with Crippen molar-refractivity contribution >= 4 is 40.1 Å². The number of anilines is 1. The first-order valence-corrected chi connectivity index (χ1v) is 7.69. The second-order valence-corrected chi connectivity index (χ2v) is 7.39. The molecule has 2 aromatic heterocycles. The van der Waals surface area contributed by atoms with Crippen LogP contribution in [0.4, 0.5) is 5.69 Å². The summed E-state index contributed by atoms with van der Waals surface area (Å²) < 4.78 is 10.9. The lowest BCUT2D eigenvalue weighted by atomic mass is 9.96. The van der Waals surface area contributed by atoms with Gasteiger partial charge >= 0.3 is 0 Å². The summed E-state index contributed by atoms with van der Waals surface area (Å²) in [5.74, 6) is 0.838. The summed E-state index contributed by atoms with van der Waals surface area (Å²) in [7, 11) is 0. The number of nitrogens with two attached hydrogens (primary N) is 1. The molecule has 5 nitrogen and oxygen atoms in total. The Labute approximate surface area is 124 Å². The predicted molar refractivity (Wildman–Crippen MR) is 81.2 cm³/mol. The van der Waals surface area contributed by atoms with Gasteiger partial charge in [-0.25, -0.2) is 9.97 Å². The molecule has 0 spiro atoms. The summed E-state index contributed by atoms with van der Waals surface area (Å²) >= 11 is 2.74. The van der Waals surface area contributed by atoms with Crippen molar-refractivity contribution in [3.05, 3.63) is 24.0 Å². The Morgan fingerprint density at radius 2 is 2.05 bits per heavy atom. The molecule has 3 rings (SSSR count). The monoisotopic (exact) mass is 306 g/mol. The van der Waals surface area contributed by atoms with E-state index >= 15 is 0 Å². The molecule has 0 aliphatic heterocycles. The van der Waals surface area contributed by atoms with Crippen LogP contribution in [0.15, 0.2) is 32.2 Å². The lowest BCUT2D eigenvalue weighted by Gasteiger charge is -2.11. The number of fused-ring (bicyclic) bond motifs is 1. The van der Waals surface area contributed by atoms with Crippen molar-refractivity contribution in [1.29, 1.82) is 0 Å². The molecule has 7 heteroatoms. The van der Waals surface area contributed by atoms with Gasteiger partial charge in [-0.2, -0.15) is 4.37 Å². The Morgan fingerprint density at radius 3 is 2.75 bits per heavy atom. The molecule has 20 heavy (non-hydrogen) atoms. The first kappa shape index (κ1) is 13.4. The first-order valence-electron chi connectivity index (χ1n) is 6.10. The zero-order chi connectivity index (χ0) is 14.3. The fourth-order valence-corrected chi connectivity index (χ4v) is 3.24. The Kier molecular flexibility index (Phi) is 3.18. The highest BCUT2D eigenvalue weighted by Gasteiger charge is 2.20. The van der Waals surface area contributed by atoms with E-state index < -0.39 is 0 Å². The molecule has 0 atom stereocenters. The summed E-state index contributed by atoms with van der Waals surface area (Å²) in [4.78, 5) is 8.91. The third kappa shape index (κ3) is 2.64. The summed E-state index contributed by atoms with van der Waals surface area (Å²) in [5.41, 5.74) is 7.83. The van der Waals surface area contributed by atoms with Crippen LogP contribution in [0.5, 0.6) is 0 Å². The van der Waals surface area contributed by atoms with Crippen LogP contribution in [0.25, 0.3) is 11.1 Å². The van der Waals surface area contributed by atoms with Crippen LogP contribution in [-0.2, 0) is 5.41 Å². The van der Waals surface area contributed by atoms with Crippen molar-refractivity contribution in [2.45, 2.75) is 35.7 Å². The van der Waals surface area contributed by atoms with E-state index in [0.717, 1.165) is 21.3 Å². The van der Waals surface area contributed by atoms with Gasteiger partial charge in [0.2, 0.25) is 0 Å². The van der Waals surface area contributed by atoms with Gasteiger partial charge in [0.05, 0.1) is 0 Å². The van der Waals surface area contributed by atoms with Crippen LogP contribution < -0.4 is 5.73 Å². The average molecular weight is 306 g/mol. The molecule has 104 valence electrons. The highest BCUT2D eigenvalue weighted by molar-refractivity contribution is 8.00. The predicted octanol–water partition coefficient (Wildman–Crippen LogP) is 3.71. The lowest BCUT2D eigenvalue weighted by Crippen LogP contribution is -2.12. The summed E-state index contributed by atoms with van der Waals surface area (Å²) in [5, 5.41) is 0.558. The van der Waals surface area contributed by atoms with Crippen molar-refractivity contribution in [2.75, 3.05) is 5.73 Å². The normalized spacial score (nSPS) is 12.2. The van der Waals surface area contributed by atoms with E-state index in [-0.39, 0.29) is 5.41 Å². The topological polar surface area (TPSA) is 77.8 Å². The van der Waals surface area contributed by atoms with Crippen LogP contribution in [0.2, 0.25) is 0 Å². The van der Waals surface area contributed by atoms with Gasteiger partial charge in [0.15, 0.2) is 9.92 Å². The van der Waals surface area contributed by atoms with Crippen LogP contribution in [0.1, 0.15) is 26.6 Å². The average Bonchev–Trinajstić information content (AvgIpc) is 2.94. The second kappa shape index (κ2) is 4.75. The van der Waals surface area contributed by atoms with Gasteiger partial charge in [-0.3, -0.25) is 0 Å². The number of aromatic nitrogens is 3. The molecular formula is C13H14N4OS2. The lowest BCUT2D eigenvalue weighted by molar-refractivity contribution is 0.489. The second-order valence-electron chi connectivity index (χ2n) is 5.44. The molecule has 2 heterocycles. The molecule has 0 saturated carbocycles. The van der Waals surface area contributed by atoms with Crippen molar-refractivity contribution in [3.8, 4) is 0 Å². The molecular weight excluding hydrogens is 292 g/mol. The maximum atomic E-state index is 5.73. The quantitative estimate of drug-likeness (QED) is 0.727. The maximum absolute atomic E-state index is 5.73. The molecule has 2 N–H and O–H groups in total. The van der Waals surface area contributed by atoms with E-state index in [9.17, 15) is 0 Å². The highest BCUT2D eigenvalue weighted by atomic mass is 32.2. The Bertz CT molecular complexity index is 757. The molecule has 0 radical (unpaired) electrons. The number of oxazole rings is 1. The van der Waals surface area contributed by atoms with Gasteiger partial charge < -0.3 is 10.2 Å². The van der Waals surface area contributed by atoms with E-state index in [4.69, 9.17) is 10.2 Å². The van der Waals surface area contributed by atoms with E-state index in [0.29, 0.717) is 10.9 Å². The summed E-state index contributed by atoms with van der Waals surface area (Å²) in [6.07, 6.45) is 0. The molecule has 0 amide bonds. The minimum atomic E-state index is -0.0505. The summed E-state index contributed by atoms with van der Waals surface area (Å²) in [6.45, 7) is 6.27. The zero-order valence-electron chi connectivity index (χ0n) is 11.4. The Hall–Kier alpha value is -1.60. The van der Waals surface area contributed by atoms with Crippen molar-refractivity contribution in [3.63, 3.8) is 0 Å². The van der Waals surface area contributed by atoms with Gasteiger partial charge in [0.1, 0.15) is 11.3 Å². The van der Waals surface area contributed by atoms with E-state index in [2.05, 4.69) is 35.1 Å². The number of benzene rings is 1. The number of nitrogen functional groups attached to an aromatic ring is 1. The number of nitrogens with zero attached hydrogens (tertiary/aromatic N) is 3. The van der Waals surface area contributed by atoms with Crippen LogP contribution in [-0.4, -0.2) is 14.3 Å². The number of rotatable bonds is 2. The van der Waals surface area contributed by atoms with Gasteiger partial charge in [-0.15, -0.1) is 0 Å². The molecule has 0 aliphatic rings. The fourth-order valence-electron chi connectivity index (χ4n) is 1.60. The van der Waals surface area contributed by atoms with Gasteiger partial charge in [-0.05, 0) is 29.7 Å². The third-order valence-corrected chi connectivity index (χ3v) is 4.25. The molecule has 0 saturated heterocycles. The SMILES string of the molecule is CC(C)(C)c1nsc(Sc2nc3cc(N)ccc3o2)n1. The van der Waals surface area contributed by atoms with Crippen LogP contribution >= 0.6 is 23.3 Å². The van der Waals surface area contributed by atoms with Crippen molar-refractivity contribution in [1.82, 2.24) is 14.3 Å². The minimum absolute atomic E-state index is 0.0505. The van der Waals surface area contributed by atoms with Gasteiger partial charge in [-0.1, -0.05) is 20.8 Å². The maximum Gasteiger partial charge on any atom is 0.264 e. The first-order chi connectivity index (χ1) is 9.41. The Balaban J connectivity index is 1.87. The van der Waals surface area contributed by atoms with E-state index in [1.807, 2.05) is 6.07 Å². The molecule has 0 unspecified atom stereocenters. The molecule has 1 aromatic carbocycles. The number of hydrogen-bond donors (Lipinski definition) is 1. The number of hydrogen-bond acceptors (Lipinski definition) is 7. The Morgan fingerprint density at radius 1 is 1.25 bits per heavy atom. The van der Waals surface area contributed by atoms with Gasteiger partial charge in [0, 0.05) is 22.9 Å². The summed E-state index contributed by atoms with van der Waals surface area (Å²) in [6, 6.07) is 5.41. The largest absolute Gasteiger partial charge is 0.431 e. The molecule has 0 fully saturated rings. The van der Waals surface area contributed by atoms with Crippen LogP contribution in [0.3, 0.4) is 0 Å². The van der Waals surface area contributed by atoms with Crippen molar-refractivity contribution < 1.29 is 4.42 Å². The van der Waals surface area contributed by atoms with Crippen LogP contribution in [0, 0.1) is 0 Å². The van der Waals surface area contributed by atoms with E-state index in [1.165, 1.54) is 23.3 Å². The fraction of sp³-hybridized carbons (Fsp3) is 0.308. The standard InChI is InChI=1S/C13H14N4OS2/c1-13(2,3)10-16-12(20-17-10)19-11-15-8-6-7(14)4-5-9(8)18-11/h4-6H,14H2,1-3H3. The van der Waals surface area contributed by atoms with E-state index in [1.54, 1.807) is 12.1 Å². The smallest absolute Gasteiger partial charge is 0.264 e. The minimum Gasteiger partial charge on any atom is -0.431 e. The molecule has 3 aromatic rings. The van der Waals surface area contributed by atoms with Gasteiger partial charge in [0.25, 0.3) is 5.22 Å².